The van der Waals surface area contributed by atoms with Gasteiger partial charge in [-0.3, -0.25) is 19.3 Å². The second-order valence-corrected chi connectivity index (χ2v) is 8.18. The van der Waals surface area contributed by atoms with E-state index in [1.165, 1.54) is 6.92 Å². The van der Waals surface area contributed by atoms with Crippen molar-refractivity contribution in [2.24, 2.45) is 5.92 Å². The number of nitrogens with zero attached hydrogens (tertiary/aromatic N) is 1. The summed E-state index contributed by atoms with van der Waals surface area (Å²) < 4.78 is 5.27. The summed E-state index contributed by atoms with van der Waals surface area (Å²) in [6.07, 6.45) is 3.83. The van der Waals surface area contributed by atoms with Gasteiger partial charge in [0.15, 0.2) is 6.10 Å². The molecule has 0 radical (unpaired) electrons. The number of imide groups is 1. The van der Waals surface area contributed by atoms with Gasteiger partial charge in [-0.2, -0.15) is 0 Å². The highest BCUT2D eigenvalue weighted by atomic mass is 16.5. The number of benzene rings is 1. The number of ether oxygens (including phenoxy) is 1. The van der Waals surface area contributed by atoms with E-state index >= 15 is 0 Å². The maximum Gasteiger partial charge on any atom is 0.326 e. The van der Waals surface area contributed by atoms with Crippen LogP contribution in [0, 0.1) is 5.92 Å². The molecular weight excluding hydrogens is 386 g/mol. The molecule has 2 N–H and O–H groups in total. The number of hydrogen-bond acceptors (Lipinski definition) is 5. The van der Waals surface area contributed by atoms with E-state index in [-0.39, 0.29) is 17.6 Å². The van der Waals surface area contributed by atoms with Gasteiger partial charge < -0.3 is 15.0 Å². The lowest BCUT2D eigenvalue weighted by Crippen LogP contribution is -2.54. The number of carbonyl (C=O) groups is 4. The predicted octanol–water partition coefficient (Wildman–Crippen LogP) is 2.78. The zero-order valence-corrected chi connectivity index (χ0v) is 17.1. The van der Waals surface area contributed by atoms with E-state index in [2.05, 4.69) is 10.3 Å². The van der Waals surface area contributed by atoms with Gasteiger partial charge in [-0.15, -0.1) is 0 Å². The van der Waals surface area contributed by atoms with E-state index in [4.69, 9.17) is 4.74 Å². The summed E-state index contributed by atoms with van der Waals surface area (Å²) in [4.78, 5) is 54.5. The number of fused-ring (bicyclic) bond motifs is 1. The molecule has 8 heteroatoms. The van der Waals surface area contributed by atoms with Crippen LogP contribution in [0.5, 0.6) is 0 Å². The van der Waals surface area contributed by atoms with Gasteiger partial charge >= 0.3 is 12.0 Å². The van der Waals surface area contributed by atoms with Crippen LogP contribution >= 0.6 is 0 Å². The van der Waals surface area contributed by atoms with Gasteiger partial charge in [0.1, 0.15) is 12.1 Å². The number of H-pyrrole nitrogens is 1. The Bertz CT molecular complexity index is 1030. The summed E-state index contributed by atoms with van der Waals surface area (Å²) in [5.41, 5.74) is 0.308. The Morgan fingerprint density at radius 1 is 1.27 bits per heavy atom. The van der Waals surface area contributed by atoms with Crippen LogP contribution < -0.4 is 5.32 Å². The van der Waals surface area contributed by atoms with Gasteiger partial charge in [0, 0.05) is 22.7 Å². The third kappa shape index (κ3) is 3.26. The van der Waals surface area contributed by atoms with E-state index in [0.717, 1.165) is 35.1 Å². The molecule has 4 rings (SSSR count). The average molecular weight is 411 g/mol. The number of aromatic amines is 1. The van der Waals surface area contributed by atoms with Gasteiger partial charge in [-0.25, -0.2) is 4.79 Å². The molecule has 8 nitrogen and oxygen atoms in total. The molecule has 1 saturated heterocycles. The van der Waals surface area contributed by atoms with E-state index < -0.39 is 30.2 Å². The lowest BCUT2D eigenvalue weighted by Gasteiger charge is -2.36. The lowest BCUT2D eigenvalue weighted by molar-refractivity contribution is -0.150. The number of hydrogen-bond donors (Lipinski definition) is 2. The zero-order valence-electron chi connectivity index (χ0n) is 17.1. The Morgan fingerprint density at radius 2 is 2.03 bits per heavy atom. The quantitative estimate of drug-likeness (QED) is 0.447. The third-order valence-corrected chi connectivity index (χ3v) is 6.32. The Labute approximate surface area is 173 Å². The van der Waals surface area contributed by atoms with Crippen molar-refractivity contribution in [1.29, 1.82) is 0 Å². The van der Waals surface area contributed by atoms with Crippen molar-refractivity contribution >= 4 is 34.6 Å². The van der Waals surface area contributed by atoms with E-state index in [1.54, 1.807) is 6.20 Å². The highest BCUT2D eigenvalue weighted by Gasteiger charge is 2.55. The number of ketones is 1. The standard InChI is InChI=1S/C22H25N3O5/c1-13-7-5-6-10-22(13)20(28)25(21(29)24-22)12-18(26)30-14(2)19(27)16-11-23-17-9-4-3-8-15(16)17/h3-4,8-9,11,13-14,23H,5-7,10,12H2,1-2H3,(H,24,29)/t13-,14+,22+/m0/s1. The van der Waals surface area contributed by atoms with Gasteiger partial charge in [0.25, 0.3) is 5.91 Å². The fourth-order valence-corrected chi connectivity index (χ4v) is 4.55. The molecule has 2 aromatic rings. The second-order valence-electron chi connectivity index (χ2n) is 8.18. The Balaban J connectivity index is 1.42. The highest BCUT2D eigenvalue weighted by Crippen LogP contribution is 2.38. The van der Waals surface area contributed by atoms with Crippen LogP contribution in [0.4, 0.5) is 4.79 Å². The number of rotatable bonds is 5. The largest absolute Gasteiger partial charge is 0.453 e. The first-order chi connectivity index (χ1) is 14.3. The van der Waals surface area contributed by atoms with Crippen LogP contribution in [0.2, 0.25) is 0 Å². The van der Waals surface area contributed by atoms with E-state index in [1.807, 2.05) is 31.2 Å². The normalized spacial score (nSPS) is 24.9. The number of para-hydroxylation sites is 1. The summed E-state index contributed by atoms with van der Waals surface area (Å²) in [6.45, 7) is 2.92. The molecule has 2 fully saturated rings. The molecular formula is C22H25N3O5. The predicted molar refractivity (Wildman–Crippen MR) is 109 cm³/mol. The first kappa shape index (κ1) is 20.1. The van der Waals surface area contributed by atoms with Crippen LogP contribution in [0.15, 0.2) is 30.5 Å². The summed E-state index contributed by atoms with van der Waals surface area (Å²) in [6, 6.07) is 6.76. The molecule has 2 aliphatic rings. The molecule has 1 aromatic carbocycles. The van der Waals surface area contributed by atoms with Crippen LogP contribution in [-0.2, 0) is 14.3 Å². The molecule has 0 unspecified atom stereocenters. The van der Waals surface area contributed by atoms with Crippen LogP contribution in [-0.4, -0.2) is 51.8 Å². The molecule has 1 aromatic heterocycles. The van der Waals surface area contributed by atoms with Gasteiger partial charge in [0.05, 0.1) is 0 Å². The SMILES string of the molecule is C[C@@H](OC(=O)CN1C(=O)N[C@@]2(CCCC[C@@H]2C)C1=O)C(=O)c1c[nH]c2ccccc12. The number of carbonyl (C=O) groups excluding carboxylic acids is 4. The summed E-state index contributed by atoms with van der Waals surface area (Å²) in [5, 5.41) is 3.54. The van der Waals surface area contributed by atoms with Gasteiger partial charge in [-0.1, -0.05) is 38.0 Å². The molecule has 1 aliphatic carbocycles. The topological polar surface area (TPSA) is 109 Å². The molecule has 1 aliphatic heterocycles. The van der Waals surface area contributed by atoms with Crippen molar-refractivity contribution in [1.82, 2.24) is 15.2 Å². The molecule has 1 spiro atoms. The van der Waals surface area contributed by atoms with Crippen molar-refractivity contribution < 1.29 is 23.9 Å². The Kier molecular flexibility index (Phi) is 5.09. The summed E-state index contributed by atoms with van der Waals surface area (Å²) >= 11 is 0. The summed E-state index contributed by atoms with van der Waals surface area (Å²) in [7, 11) is 0. The maximum absolute atomic E-state index is 13.0. The Morgan fingerprint density at radius 3 is 2.80 bits per heavy atom. The van der Waals surface area contributed by atoms with Crippen molar-refractivity contribution in [2.45, 2.75) is 51.2 Å². The minimum Gasteiger partial charge on any atom is -0.453 e. The molecule has 158 valence electrons. The maximum atomic E-state index is 13.0. The monoisotopic (exact) mass is 411 g/mol. The number of amides is 3. The molecule has 3 atom stereocenters. The second kappa shape index (κ2) is 7.59. The Hall–Kier alpha value is -3.16. The van der Waals surface area contributed by atoms with E-state index in [0.29, 0.717) is 12.0 Å². The number of Topliss-reactive ketones (excluding diaryl/α,β-unsaturated/α-hetero) is 1. The fraction of sp³-hybridized carbons (Fsp3) is 0.455. The number of urea groups is 1. The molecule has 3 amide bonds. The highest BCUT2D eigenvalue weighted by molar-refractivity contribution is 6.11. The average Bonchev–Trinajstić information content (AvgIpc) is 3.25. The lowest BCUT2D eigenvalue weighted by atomic mass is 9.73. The third-order valence-electron chi connectivity index (χ3n) is 6.32. The molecule has 30 heavy (non-hydrogen) atoms. The number of esters is 1. The van der Waals surface area contributed by atoms with Crippen molar-refractivity contribution in [3.05, 3.63) is 36.0 Å². The smallest absolute Gasteiger partial charge is 0.326 e. The van der Waals surface area contributed by atoms with Crippen LogP contribution in [0.25, 0.3) is 10.9 Å². The van der Waals surface area contributed by atoms with Gasteiger partial charge in [0.2, 0.25) is 5.78 Å². The zero-order chi connectivity index (χ0) is 21.5. The molecule has 0 bridgehead atoms. The van der Waals surface area contributed by atoms with Crippen molar-refractivity contribution in [3.63, 3.8) is 0 Å². The minimum absolute atomic E-state index is 0.00564. The fourth-order valence-electron chi connectivity index (χ4n) is 4.55. The van der Waals surface area contributed by atoms with Gasteiger partial charge in [-0.05, 0) is 31.7 Å². The summed E-state index contributed by atoms with van der Waals surface area (Å²) in [5.74, 6) is -1.52. The van der Waals surface area contributed by atoms with Crippen molar-refractivity contribution in [2.75, 3.05) is 6.54 Å². The molecule has 2 heterocycles. The van der Waals surface area contributed by atoms with Crippen molar-refractivity contribution in [3.8, 4) is 0 Å². The number of nitrogens with one attached hydrogen (secondary N) is 2. The number of aromatic nitrogens is 1. The first-order valence-electron chi connectivity index (χ1n) is 10.3. The minimum atomic E-state index is -1.04. The van der Waals surface area contributed by atoms with Crippen LogP contribution in [0.3, 0.4) is 0 Å². The van der Waals surface area contributed by atoms with Crippen LogP contribution in [0.1, 0.15) is 49.9 Å². The molecule has 1 saturated carbocycles. The van der Waals surface area contributed by atoms with E-state index in [9.17, 15) is 19.2 Å². The first-order valence-corrected chi connectivity index (χ1v) is 10.3.